The molecule has 2 aromatic heterocycles. The number of anilines is 1. The van der Waals surface area contributed by atoms with Gasteiger partial charge in [0.25, 0.3) is 5.91 Å². The third-order valence-electron chi connectivity index (χ3n) is 4.33. The first kappa shape index (κ1) is 19.1. The summed E-state index contributed by atoms with van der Waals surface area (Å²) in [5, 5.41) is 4.73. The van der Waals surface area contributed by atoms with E-state index in [9.17, 15) is 9.18 Å². The normalized spacial score (nSPS) is 11.0. The van der Waals surface area contributed by atoms with E-state index < -0.39 is 5.82 Å². The molecule has 0 radical (unpaired) electrons. The van der Waals surface area contributed by atoms with E-state index in [0.29, 0.717) is 36.1 Å². The van der Waals surface area contributed by atoms with Gasteiger partial charge in [-0.2, -0.15) is 5.10 Å². The molecule has 29 heavy (non-hydrogen) atoms. The standard InChI is InChI=1S/C21H19FN4O2S/c1-2-28-17-8-4-9-18-19(17)24-21(29-18)26(13-12-25-11-5-10-23-25)20(27)15-6-3-7-16(22)14-15/h3-11,14H,2,12-13H2,1H3. The number of para-hydroxylation sites is 1. The maximum atomic E-state index is 13.7. The molecule has 0 bridgehead atoms. The highest BCUT2D eigenvalue weighted by molar-refractivity contribution is 7.22. The van der Waals surface area contributed by atoms with Crippen LogP contribution in [0.3, 0.4) is 0 Å². The topological polar surface area (TPSA) is 60.2 Å². The van der Waals surface area contributed by atoms with Crippen molar-refractivity contribution >= 4 is 32.6 Å². The van der Waals surface area contributed by atoms with E-state index in [1.165, 1.54) is 29.5 Å². The van der Waals surface area contributed by atoms with Gasteiger partial charge in [0.2, 0.25) is 0 Å². The molecule has 1 amide bonds. The molecule has 0 saturated heterocycles. The molecule has 0 spiro atoms. The minimum atomic E-state index is -0.453. The third kappa shape index (κ3) is 4.12. The number of aromatic nitrogens is 3. The molecule has 0 aliphatic rings. The molecular weight excluding hydrogens is 391 g/mol. The first-order valence-corrected chi connectivity index (χ1v) is 10.0. The summed E-state index contributed by atoms with van der Waals surface area (Å²) in [5.41, 5.74) is 0.986. The second kappa shape index (κ2) is 8.40. The highest BCUT2D eigenvalue weighted by Crippen LogP contribution is 2.34. The number of nitrogens with zero attached hydrogens (tertiary/aromatic N) is 4. The average Bonchev–Trinajstić information content (AvgIpc) is 3.38. The number of benzene rings is 2. The number of rotatable bonds is 7. The van der Waals surface area contributed by atoms with Crippen LogP contribution in [-0.2, 0) is 6.54 Å². The smallest absolute Gasteiger partial charge is 0.260 e. The summed E-state index contributed by atoms with van der Waals surface area (Å²) < 4.78 is 22.0. The van der Waals surface area contributed by atoms with Crippen LogP contribution in [0.4, 0.5) is 9.52 Å². The van der Waals surface area contributed by atoms with Crippen molar-refractivity contribution in [2.45, 2.75) is 13.5 Å². The minimum Gasteiger partial charge on any atom is -0.492 e. The van der Waals surface area contributed by atoms with Crippen molar-refractivity contribution in [1.82, 2.24) is 14.8 Å². The van der Waals surface area contributed by atoms with Crippen LogP contribution in [0.15, 0.2) is 60.9 Å². The van der Waals surface area contributed by atoms with Gasteiger partial charge in [0.1, 0.15) is 17.1 Å². The highest BCUT2D eigenvalue weighted by atomic mass is 32.1. The SMILES string of the molecule is CCOc1cccc2sc(N(CCn3cccn3)C(=O)c3cccc(F)c3)nc12. The van der Waals surface area contributed by atoms with Crippen LogP contribution in [0.2, 0.25) is 0 Å². The number of halogens is 1. The van der Waals surface area contributed by atoms with Gasteiger partial charge in [0.15, 0.2) is 5.13 Å². The Morgan fingerprint density at radius 1 is 1.24 bits per heavy atom. The van der Waals surface area contributed by atoms with Gasteiger partial charge in [-0.1, -0.05) is 23.5 Å². The zero-order chi connectivity index (χ0) is 20.2. The van der Waals surface area contributed by atoms with Crippen LogP contribution in [0.5, 0.6) is 5.75 Å². The number of fused-ring (bicyclic) bond motifs is 1. The molecule has 4 aromatic rings. The van der Waals surface area contributed by atoms with E-state index in [2.05, 4.69) is 10.1 Å². The largest absolute Gasteiger partial charge is 0.492 e. The number of ether oxygens (including phenoxy) is 1. The summed E-state index contributed by atoms with van der Waals surface area (Å²) in [4.78, 5) is 19.5. The monoisotopic (exact) mass is 410 g/mol. The Bertz CT molecular complexity index is 1130. The van der Waals surface area contributed by atoms with Crippen LogP contribution < -0.4 is 9.64 Å². The molecule has 6 nitrogen and oxygen atoms in total. The summed E-state index contributed by atoms with van der Waals surface area (Å²) in [7, 11) is 0. The van der Waals surface area contributed by atoms with Crippen LogP contribution in [-0.4, -0.2) is 33.8 Å². The molecule has 0 N–H and O–H groups in total. The van der Waals surface area contributed by atoms with E-state index in [4.69, 9.17) is 4.74 Å². The molecular formula is C21H19FN4O2S. The van der Waals surface area contributed by atoms with Gasteiger partial charge >= 0.3 is 0 Å². The maximum absolute atomic E-state index is 13.7. The summed E-state index contributed by atoms with van der Waals surface area (Å²) in [6.07, 6.45) is 3.52. The summed E-state index contributed by atoms with van der Waals surface area (Å²) in [6, 6.07) is 13.2. The van der Waals surface area contributed by atoms with Crippen molar-refractivity contribution in [2.24, 2.45) is 0 Å². The summed E-state index contributed by atoms with van der Waals surface area (Å²) >= 11 is 1.40. The van der Waals surface area contributed by atoms with Crippen LogP contribution in [0.25, 0.3) is 10.2 Å². The molecule has 0 aliphatic heterocycles. The zero-order valence-corrected chi connectivity index (χ0v) is 16.6. The fourth-order valence-electron chi connectivity index (χ4n) is 3.00. The van der Waals surface area contributed by atoms with E-state index in [1.54, 1.807) is 21.8 Å². The first-order chi connectivity index (χ1) is 14.2. The van der Waals surface area contributed by atoms with Gasteiger partial charge < -0.3 is 4.74 Å². The Morgan fingerprint density at radius 3 is 2.86 bits per heavy atom. The zero-order valence-electron chi connectivity index (χ0n) is 15.8. The number of carbonyl (C=O) groups excluding carboxylic acids is 1. The molecule has 0 atom stereocenters. The van der Waals surface area contributed by atoms with E-state index in [0.717, 1.165) is 4.70 Å². The van der Waals surface area contributed by atoms with Crippen LogP contribution >= 0.6 is 11.3 Å². The van der Waals surface area contributed by atoms with E-state index in [-0.39, 0.29) is 11.5 Å². The Kier molecular flexibility index (Phi) is 5.53. The predicted octanol–water partition coefficient (Wildman–Crippen LogP) is 4.38. The third-order valence-corrected chi connectivity index (χ3v) is 5.37. The van der Waals surface area contributed by atoms with Crippen molar-refractivity contribution in [3.05, 3.63) is 72.3 Å². The quantitative estimate of drug-likeness (QED) is 0.454. The van der Waals surface area contributed by atoms with Crippen molar-refractivity contribution in [3.63, 3.8) is 0 Å². The lowest BCUT2D eigenvalue weighted by molar-refractivity contribution is 0.0985. The second-order valence-corrected chi connectivity index (χ2v) is 7.28. The molecule has 148 valence electrons. The molecule has 8 heteroatoms. The summed E-state index contributed by atoms with van der Waals surface area (Å²) in [5.74, 6) is -0.0859. The Morgan fingerprint density at radius 2 is 2.10 bits per heavy atom. The first-order valence-electron chi connectivity index (χ1n) is 9.23. The Hall–Kier alpha value is -3.26. The van der Waals surface area contributed by atoms with Gasteiger partial charge in [-0.25, -0.2) is 9.37 Å². The van der Waals surface area contributed by atoms with E-state index >= 15 is 0 Å². The lowest BCUT2D eigenvalue weighted by Gasteiger charge is -2.20. The molecule has 2 aromatic carbocycles. The van der Waals surface area contributed by atoms with Gasteiger partial charge in [-0.05, 0) is 43.3 Å². The average molecular weight is 410 g/mol. The lowest BCUT2D eigenvalue weighted by atomic mass is 10.2. The van der Waals surface area contributed by atoms with E-state index in [1.807, 2.05) is 37.4 Å². The van der Waals surface area contributed by atoms with Crippen molar-refractivity contribution in [3.8, 4) is 5.75 Å². The lowest BCUT2D eigenvalue weighted by Crippen LogP contribution is -2.34. The number of hydrogen-bond acceptors (Lipinski definition) is 5. The predicted molar refractivity (Wildman–Crippen MR) is 111 cm³/mol. The maximum Gasteiger partial charge on any atom is 0.260 e. The van der Waals surface area contributed by atoms with Crippen molar-refractivity contribution in [2.75, 3.05) is 18.1 Å². The fourth-order valence-corrected chi connectivity index (χ4v) is 4.00. The molecule has 4 rings (SSSR count). The van der Waals surface area contributed by atoms with Gasteiger partial charge in [-0.15, -0.1) is 0 Å². The van der Waals surface area contributed by atoms with Crippen molar-refractivity contribution < 1.29 is 13.9 Å². The second-order valence-electron chi connectivity index (χ2n) is 6.27. The van der Waals surface area contributed by atoms with Gasteiger partial charge in [0.05, 0.1) is 17.9 Å². The minimum absolute atomic E-state index is 0.273. The van der Waals surface area contributed by atoms with Gasteiger partial charge in [-0.3, -0.25) is 14.4 Å². The number of carbonyl (C=O) groups is 1. The molecule has 2 heterocycles. The van der Waals surface area contributed by atoms with Crippen LogP contribution in [0.1, 0.15) is 17.3 Å². The molecule has 0 fully saturated rings. The molecule has 0 saturated carbocycles. The number of hydrogen-bond donors (Lipinski definition) is 0. The fraction of sp³-hybridized carbons (Fsp3) is 0.190. The number of thiazole rings is 1. The summed E-state index contributed by atoms with van der Waals surface area (Å²) in [6.45, 7) is 3.27. The molecule has 0 unspecified atom stereocenters. The Balaban J connectivity index is 1.72. The molecule has 0 aliphatic carbocycles. The highest BCUT2D eigenvalue weighted by Gasteiger charge is 2.22. The Labute approximate surface area is 171 Å². The van der Waals surface area contributed by atoms with Crippen molar-refractivity contribution in [1.29, 1.82) is 0 Å². The van der Waals surface area contributed by atoms with Crippen LogP contribution in [0, 0.1) is 5.82 Å². The van der Waals surface area contributed by atoms with Gasteiger partial charge in [0, 0.05) is 24.5 Å². The number of amides is 1.